The topological polar surface area (TPSA) is 98.7 Å². The summed E-state index contributed by atoms with van der Waals surface area (Å²) in [6.07, 6.45) is 3.95. The van der Waals surface area contributed by atoms with Gasteiger partial charge in [-0.1, -0.05) is 0 Å². The first-order valence-electron chi connectivity index (χ1n) is 7.08. The van der Waals surface area contributed by atoms with Gasteiger partial charge in [-0.05, 0) is 32.8 Å². The first-order valence-corrected chi connectivity index (χ1v) is 7.08. The molecule has 0 aliphatic heterocycles. The van der Waals surface area contributed by atoms with Crippen LogP contribution in [0, 0.1) is 6.92 Å². The van der Waals surface area contributed by atoms with Gasteiger partial charge in [-0.15, -0.1) is 0 Å². The van der Waals surface area contributed by atoms with Gasteiger partial charge in [0.2, 0.25) is 0 Å². The minimum atomic E-state index is -0.546. The van der Waals surface area contributed by atoms with E-state index < -0.39 is 5.91 Å². The summed E-state index contributed by atoms with van der Waals surface area (Å²) in [4.78, 5) is 20.4. The molecule has 3 N–H and O–H groups in total. The van der Waals surface area contributed by atoms with Crippen LogP contribution in [0.4, 0.5) is 5.82 Å². The first-order chi connectivity index (χ1) is 10.1. The Morgan fingerprint density at radius 2 is 2.24 bits per heavy atom. The Morgan fingerprint density at radius 3 is 2.81 bits per heavy atom. The number of nitrogens with one attached hydrogen (secondary N) is 1. The summed E-state index contributed by atoms with van der Waals surface area (Å²) < 4.78 is 1.59. The number of carbonyl (C=O) groups is 1. The van der Waals surface area contributed by atoms with Crippen LogP contribution in [0.5, 0.6) is 0 Å². The van der Waals surface area contributed by atoms with Gasteiger partial charge in [0.1, 0.15) is 17.3 Å². The second kappa shape index (κ2) is 5.16. The van der Waals surface area contributed by atoms with Crippen molar-refractivity contribution in [1.29, 1.82) is 0 Å². The molecule has 2 aromatic rings. The highest BCUT2D eigenvalue weighted by molar-refractivity contribution is 5.90. The quantitative estimate of drug-likeness (QED) is 0.865. The summed E-state index contributed by atoms with van der Waals surface area (Å²) in [5.41, 5.74) is 6.38. The van der Waals surface area contributed by atoms with Crippen LogP contribution in [0.3, 0.4) is 0 Å². The van der Waals surface area contributed by atoms with Crippen LogP contribution in [0.25, 0.3) is 5.82 Å². The zero-order valence-electron chi connectivity index (χ0n) is 12.1. The third kappa shape index (κ3) is 2.58. The molecule has 21 heavy (non-hydrogen) atoms. The van der Waals surface area contributed by atoms with Crippen molar-refractivity contribution < 1.29 is 4.79 Å². The monoisotopic (exact) mass is 286 g/mol. The normalized spacial score (nSPS) is 14.2. The summed E-state index contributed by atoms with van der Waals surface area (Å²) in [5, 5.41) is 7.44. The van der Waals surface area contributed by atoms with E-state index in [0.29, 0.717) is 11.7 Å². The standard InChI is InChI=1S/C14H18N6O/c1-3-16-12-8(2)14(18-13(17-12)9-4-5-9)20-7-6-10(19-20)11(15)21/h6-7,9H,3-5H2,1-2H3,(H2,15,21)(H,16,17,18). The molecule has 0 unspecified atom stereocenters. The van der Waals surface area contributed by atoms with E-state index in [1.807, 2.05) is 13.8 Å². The van der Waals surface area contributed by atoms with E-state index in [9.17, 15) is 4.79 Å². The van der Waals surface area contributed by atoms with Gasteiger partial charge in [0.25, 0.3) is 5.91 Å². The van der Waals surface area contributed by atoms with Gasteiger partial charge in [0.05, 0.1) is 0 Å². The Hall–Kier alpha value is -2.44. The van der Waals surface area contributed by atoms with E-state index >= 15 is 0 Å². The second-order valence-electron chi connectivity index (χ2n) is 5.19. The fourth-order valence-electron chi connectivity index (χ4n) is 2.18. The molecule has 1 amide bonds. The SMILES string of the molecule is CCNc1nc(C2CC2)nc(-n2ccc(C(N)=O)n2)c1C. The lowest BCUT2D eigenvalue weighted by Crippen LogP contribution is -2.14. The highest BCUT2D eigenvalue weighted by atomic mass is 16.1. The predicted molar refractivity (Wildman–Crippen MR) is 78.5 cm³/mol. The molecule has 2 heterocycles. The molecule has 2 aromatic heterocycles. The lowest BCUT2D eigenvalue weighted by atomic mass is 10.2. The average Bonchev–Trinajstić information content (AvgIpc) is 3.18. The van der Waals surface area contributed by atoms with E-state index in [0.717, 1.165) is 36.6 Å². The maximum atomic E-state index is 11.2. The summed E-state index contributed by atoms with van der Waals surface area (Å²) in [5.74, 6) is 2.24. The van der Waals surface area contributed by atoms with E-state index in [2.05, 4.69) is 20.4 Å². The molecule has 110 valence electrons. The number of carbonyl (C=O) groups excluding carboxylic acids is 1. The molecule has 1 saturated carbocycles. The van der Waals surface area contributed by atoms with Crippen LogP contribution in [0.1, 0.15) is 47.6 Å². The van der Waals surface area contributed by atoms with Gasteiger partial charge in [0, 0.05) is 24.2 Å². The number of aromatic nitrogens is 4. The lowest BCUT2D eigenvalue weighted by molar-refractivity contribution is 0.0995. The minimum Gasteiger partial charge on any atom is -0.370 e. The number of hydrogen-bond acceptors (Lipinski definition) is 5. The molecule has 1 aliphatic carbocycles. The fraction of sp³-hybridized carbons (Fsp3) is 0.429. The molecular formula is C14H18N6O. The van der Waals surface area contributed by atoms with Crippen molar-refractivity contribution in [1.82, 2.24) is 19.7 Å². The number of nitrogens with zero attached hydrogens (tertiary/aromatic N) is 4. The Balaban J connectivity index is 2.08. The van der Waals surface area contributed by atoms with Crippen LogP contribution < -0.4 is 11.1 Å². The molecule has 0 aromatic carbocycles. The lowest BCUT2D eigenvalue weighted by Gasteiger charge is -2.13. The Morgan fingerprint density at radius 1 is 1.48 bits per heavy atom. The van der Waals surface area contributed by atoms with Crippen LogP contribution in [-0.2, 0) is 0 Å². The third-order valence-corrected chi connectivity index (χ3v) is 3.48. The van der Waals surface area contributed by atoms with Crippen LogP contribution in [-0.4, -0.2) is 32.2 Å². The van der Waals surface area contributed by atoms with E-state index in [1.54, 1.807) is 16.9 Å². The first kappa shape index (κ1) is 13.5. The van der Waals surface area contributed by atoms with E-state index in [-0.39, 0.29) is 5.69 Å². The number of nitrogens with two attached hydrogens (primary N) is 1. The number of rotatable bonds is 5. The van der Waals surface area contributed by atoms with Gasteiger partial charge >= 0.3 is 0 Å². The van der Waals surface area contributed by atoms with Crippen molar-refractivity contribution in [2.24, 2.45) is 5.73 Å². The molecule has 7 heteroatoms. The summed E-state index contributed by atoms with van der Waals surface area (Å²) in [6, 6.07) is 1.59. The van der Waals surface area contributed by atoms with Gasteiger partial charge in [-0.3, -0.25) is 4.79 Å². The molecule has 7 nitrogen and oxygen atoms in total. The molecule has 3 rings (SSSR count). The molecule has 1 fully saturated rings. The van der Waals surface area contributed by atoms with Gasteiger partial charge in [-0.25, -0.2) is 14.6 Å². The van der Waals surface area contributed by atoms with E-state index in [4.69, 9.17) is 5.73 Å². The minimum absolute atomic E-state index is 0.228. The molecule has 0 atom stereocenters. The molecule has 0 saturated heterocycles. The van der Waals surface area contributed by atoms with Crippen molar-refractivity contribution in [3.05, 3.63) is 29.3 Å². The average molecular weight is 286 g/mol. The Bertz CT molecular complexity index is 689. The van der Waals surface area contributed by atoms with Crippen LogP contribution in [0.15, 0.2) is 12.3 Å². The van der Waals surface area contributed by atoms with Crippen molar-refractivity contribution in [3.63, 3.8) is 0 Å². The number of anilines is 1. The van der Waals surface area contributed by atoms with E-state index in [1.165, 1.54) is 0 Å². The van der Waals surface area contributed by atoms with Gasteiger partial charge in [0.15, 0.2) is 5.82 Å². The van der Waals surface area contributed by atoms with Crippen LogP contribution >= 0.6 is 0 Å². The maximum absolute atomic E-state index is 11.2. The van der Waals surface area contributed by atoms with Crippen molar-refractivity contribution >= 4 is 11.7 Å². The highest BCUT2D eigenvalue weighted by Crippen LogP contribution is 2.39. The van der Waals surface area contributed by atoms with Crippen molar-refractivity contribution in [2.75, 3.05) is 11.9 Å². The van der Waals surface area contributed by atoms with Crippen molar-refractivity contribution in [3.8, 4) is 5.82 Å². The number of hydrogen-bond donors (Lipinski definition) is 2. The smallest absolute Gasteiger partial charge is 0.269 e. The third-order valence-electron chi connectivity index (χ3n) is 3.48. The fourth-order valence-corrected chi connectivity index (χ4v) is 2.18. The maximum Gasteiger partial charge on any atom is 0.269 e. The molecule has 0 spiro atoms. The largest absolute Gasteiger partial charge is 0.370 e. The zero-order valence-corrected chi connectivity index (χ0v) is 12.1. The molecule has 1 aliphatic rings. The summed E-state index contributed by atoms with van der Waals surface area (Å²) in [6.45, 7) is 4.75. The summed E-state index contributed by atoms with van der Waals surface area (Å²) in [7, 11) is 0. The highest BCUT2D eigenvalue weighted by Gasteiger charge is 2.28. The zero-order chi connectivity index (χ0) is 15.0. The number of amides is 1. The molecule has 0 radical (unpaired) electrons. The number of primary amides is 1. The Kier molecular flexibility index (Phi) is 3.32. The van der Waals surface area contributed by atoms with Gasteiger partial charge < -0.3 is 11.1 Å². The summed E-state index contributed by atoms with van der Waals surface area (Å²) >= 11 is 0. The van der Waals surface area contributed by atoms with Crippen molar-refractivity contribution in [2.45, 2.75) is 32.6 Å². The van der Waals surface area contributed by atoms with Gasteiger partial charge in [-0.2, -0.15) is 5.10 Å². The predicted octanol–water partition coefficient (Wildman–Crippen LogP) is 1.38. The molecular weight excluding hydrogens is 268 g/mol. The second-order valence-corrected chi connectivity index (χ2v) is 5.19. The Labute approximate surface area is 122 Å². The molecule has 0 bridgehead atoms. The van der Waals surface area contributed by atoms with Crippen LogP contribution in [0.2, 0.25) is 0 Å².